The van der Waals surface area contributed by atoms with Gasteiger partial charge in [0.2, 0.25) is 0 Å². The summed E-state index contributed by atoms with van der Waals surface area (Å²) in [7, 11) is -2.66. The third-order valence-corrected chi connectivity index (χ3v) is 6.04. The molecule has 10 nitrogen and oxygen atoms in total. The van der Waals surface area contributed by atoms with Crippen molar-refractivity contribution >= 4 is 22.1 Å². The van der Waals surface area contributed by atoms with E-state index in [0.717, 1.165) is 11.8 Å². The van der Waals surface area contributed by atoms with E-state index in [1.165, 1.54) is 14.0 Å². The van der Waals surface area contributed by atoms with Gasteiger partial charge in [-0.25, -0.2) is 0 Å². The van der Waals surface area contributed by atoms with Crippen LogP contribution in [0.1, 0.15) is 40.2 Å². The van der Waals surface area contributed by atoms with Gasteiger partial charge in [0.25, 0.3) is 10.1 Å². The van der Waals surface area contributed by atoms with Gasteiger partial charge in [-0.15, -0.1) is 0 Å². The predicted octanol–water partition coefficient (Wildman–Crippen LogP) is 2.24. The van der Waals surface area contributed by atoms with Gasteiger partial charge in [0.15, 0.2) is 11.7 Å². The van der Waals surface area contributed by atoms with E-state index in [1.807, 2.05) is 30.3 Å². The van der Waals surface area contributed by atoms with Gasteiger partial charge in [0, 0.05) is 14.0 Å². The van der Waals surface area contributed by atoms with E-state index < -0.39 is 64.1 Å². The summed E-state index contributed by atoms with van der Waals surface area (Å²) in [6, 6.07) is 9.33. The smallest absolute Gasteiger partial charge is 0.311 e. The second kappa shape index (κ2) is 11.8. The maximum Gasteiger partial charge on any atom is 0.311 e. The average Bonchev–Trinajstić information content (AvgIpc) is 3.01. The molecule has 1 saturated heterocycles. The SMILES string of the molecule is CO[C@H]1[C@@H](OC(C)=O)[C@H](C)O[C@@]1(COCc1ccccc1)C(COC(=O)C(C)(C)C)OS(C)(=O)=O. The Morgan fingerprint density at radius 3 is 2.31 bits per heavy atom. The lowest BCUT2D eigenvalue weighted by Gasteiger charge is -2.39. The molecule has 0 radical (unpaired) electrons. The molecule has 1 aliphatic heterocycles. The molecule has 35 heavy (non-hydrogen) atoms. The topological polar surface area (TPSA) is 124 Å². The first kappa shape index (κ1) is 29.2. The Labute approximate surface area is 207 Å². The highest BCUT2D eigenvalue weighted by Crippen LogP contribution is 2.40. The molecule has 0 aliphatic carbocycles. The van der Waals surface area contributed by atoms with Gasteiger partial charge in [-0.2, -0.15) is 8.42 Å². The summed E-state index contributed by atoms with van der Waals surface area (Å²) < 4.78 is 58.6. The molecule has 0 aromatic heterocycles. The first-order valence-electron chi connectivity index (χ1n) is 11.2. The van der Waals surface area contributed by atoms with Crippen molar-refractivity contribution in [3.05, 3.63) is 35.9 Å². The van der Waals surface area contributed by atoms with Gasteiger partial charge in [0.1, 0.15) is 18.8 Å². The molecule has 1 aliphatic rings. The summed E-state index contributed by atoms with van der Waals surface area (Å²) in [5.41, 5.74) is -1.55. The number of benzene rings is 1. The summed E-state index contributed by atoms with van der Waals surface area (Å²) in [4.78, 5) is 24.3. The van der Waals surface area contributed by atoms with E-state index in [0.29, 0.717) is 0 Å². The zero-order chi connectivity index (χ0) is 26.4. The molecule has 1 fully saturated rings. The quantitative estimate of drug-likeness (QED) is 0.319. The van der Waals surface area contributed by atoms with Gasteiger partial charge >= 0.3 is 11.9 Å². The second-order valence-electron chi connectivity index (χ2n) is 9.62. The molecule has 0 N–H and O–H groups in total. The lowest BCUT2D eigenvalue weighted by Crippen LogP contribution is -2.59. The minimum absolute atomic E-state index is 0.183. The van der Waals surface area contributed by atoms with Gasteiger partial charge in [-0.1, -0.05) is 30.3 Å². The molecule has 0 saturated carbocycles. The highest BCUT2D eigenvalue weighted by molar-refractivity contribution is 7.86. The van der Waals surface area contributed by atoms with Crippen LogP contribution in [0.3, 0.4) is 0 Å². The van der Waals surface area contributed by atoms with Crippen LogP contribution in [0.15, 0.2) is 30.3 Å². The summed E-state index contributed by atoms with van der Waals surface area (Å²) in [5.74, 6) is -1.12. The molecule has 0 spiro atoms. The Morgan fingerprint density at radius 2 is 1.80 bits per heavy atom. The summed E-state index contributed by atoms with van der Waals surface area (Å²) in [5, 5.41) is 0. The number of carbonyl (C=O) groups excluding carboxylic acids is 2. The van der Waals surface area contributed by atoms with Crippen molar-refractivity contribution in [1.29, 1.82) is 0 Å². The highest BCUT2D eigenvalue weighted by Gasteiger charge is 2.61. The molecule has 2 rings (SSSR count). The van der Waals surface area contributed by atoms with Crippen LogP contribution < -0.4 is 0 Å². The molecule has 0 bridgehead atoms. The third-order valence-electron chi connectivity index (χ3n) is 5.46. The Hall–Kier alpha value is -2.05. The van der Waals surface area contributed by atoms with Crippen LogP contribution >= 0.6 is 0 Å². The van der Waals surface area contributed by atoms with Crippen molar-refractivity contribution in [3.8, 4) is 0 Å². The summed E-state index contributed by atoms with van der Waals surface area (Å²) in [6.07, 6.45) is -3.05. The minimum Gasteiger partial charge on any atom is -0.462 e. The zero-order valence-electron chi connectivity index (χ0n) is 21.3. The second-order valence-corrected chi connectivity index (χ2v) is 11.2. The molecular weight excluding hydrogens is 480 g/mol. The number of hydrogen-bond donors (Lipinski definition) is 0. The van der Waals surface area contributed by atoms with Crippen LogP contribution in [0.25, 0.3) is 0 Å². The van der Waals surface area contributed by atoms with Crippen molar-refractivity contribution in [1.82, 2.24) is 0 Å². The molecule has 1 aromatic rings. The Morgan fingerprint density at radius 1 is 1.17 bits per heavy atom. The Kier molecular flexibility index (Phi) is 9.83. The van der Waals surface area contributed by atoms with Crippen LogP contribution in [-0.4, -0.2) is 77.0 Å². The highest BCUT2D eigenvalue weighted by atomic mass is 32.2. The lowest BCUT2D eigenvalue weighted by molar-refractivity contribution is -0.196. The summed E-state index contributed by atoms with van der Waals surface area (Å²) >= 11 is 0. The molecule has 198 valence electrons. The van der Waals surface area contributed by atoms with Crippen LogP contribution in [0, 0.1) is 5.41 Å². The lowest BCUT2D eigenvalue weighted by atomic mass is 9.89. The van der Waals surface area contributed by atoms with E-state index in [1.54, 1.807) is 27.7 Å². The fourth-order valence-electron chi connectivity index (χ4n) is 3.89. The van der Waals surface area contributed by atoms with Crippen molar-refractivity contribution in [3.63, 3.8) is 0 Å². The van der Waals surface area contributed by atoms with Crippen molar-refractivity contribution in [2.75, 3.05) is 26.6 Å². The minimum atomic E-state index is -4.04. The number of carbonyl (C=O) groups is 2. The molecular formula is C24H36O10S. The molecule has 0 amide bonds. The number of methoxy groups -OCH3 is 1. The predicted molar refractivity (Wildman–Crippen MR) is 126 cm³/mol. The average molecular weight is 517 g/mol. The fourth-order valence-corrected chi connectivity index (χ4v) is 4.53. The Bertz CT molecular complexity index is 956. The molecule has 1 heterocycles. The van der Waals surface area contributed by atoms with Gasteiger partial charge in [0.05, 0.1) is 31.0 Å². The van der Waals surface area contributed by atoms with E-state index in [9.17, 15) is 18.0 Å². The Balaban J connectivity index is 2.45. The molecule has 1 unspecified atom stereocenters. The largest absolute Gasteiger partial charge is 0.462 e. The van der Waals surface area contributed by atoms with E-state index in [2.05, 4.69) is 0 Å². The first-order chi connectivity index (χ1) is 16.2. The van der Waals surface area contributed by atoms with Crippen molar-refractivity contribution in [2.24, 2.45) is 5.41 Å². The summed E-state index contributed by atoms with van der Waals surface area (Å²) in [6.45, 7) is 7.45. The van der Waals surface area contributed by atoms with Crippen molar-refractivity contribution < 1.29 is 45.9 Å². The molecule has 5 atom stereocenters. The number of hydrogen-bond acceptors (Lipinski definition) is 10. The van der Waals surface area contributed by atoms with Crippen LogP contribution in [-0.2, 0) is 54.2 Å². The van der Waals surface area contributed by atoms with Crippen molar-refractivity contribution in [2.45, 2.75) is 71.2 Å². The monoisotopic (exact) mass is 516 g/mol. The normalized spacial score (nSPS) is 25.7. The van der Waals surface area contributed by atoms with Crippen LogP contribution in [0.5, 0.6) is 0 Å². The maximum atomic E-state index is 12.5. The third kappa shape index (κ3) is 7.97. The standard InChI is InChI=1S/C24H36O10S/c1-16-20(32-17(2)25)21(29-6)24(33-16,15-30-13-18-11-9-8-10-12-18)19(34-35(7,27)28)14-31-22(26)23(3,4)5/h8-12,16,19-21H,13-15H2,1-7H3/t16-,19?,20-,21-,24-/m0/s1. The van der Waals surface area contributed by atoms with Gasteiger partial charge in [-0.3, -0.25) is 13.8 Å². The maximum absolute atomic E-state index is 12.5. The van der Waals surface area contributed by atoms with E-state index in [-0.39, 0.29) is 13.2 Å². The number of rotatable bonds is 11. The fraction of sp³-hybridized carbons (Fsp3) is 0.667. The van der Waals surface area contributed by atoms with Gasteiger partial charge < -0.3 is 23.7 Å². The zero-order valence-corrected chi connectivity index (χ0v) is 22.1. The van der Waals surface area contributed by atoms with Gasteiger partial charge in [-0.05, 0) is 33.3 Å². The van der Waals surface area contributed by atoms with E-state index >= 15 is 0 Å². The van der Waals surface area contributed by atoms with E-state index in [4.69, 9.17) is 27.9 Å². The van der Waals surface area contributed by atoms with Crippen LogP contribution in [0.4, 0.5) is 0 Å². The number of ether oxygens (including phenoxy) is 5. The number of esters is 2. The molecule has 1 aromatic carbocycles. The first-order valence-corrected chi connectivity index (χ1v) is 13.1. The molecule has 11 heteroatoms. The van der Waals surface area contributed by atoms with Crippen LogP contribution in [0.2, 0.25) is 0 Å².